The van der Waals surface area contributed by atoms with E-state index in [1.165, 1.54) is 5.56 Å². The molecule has 1 aliphatic heterocycles. The van der Waals surface area contributed by atoms with E-state index in [0.717, 1.165) is 19.6 Å². The molecule has 3 N–H and O–H groups in total. The van der Waals surface area contributed by atoms with Gasteiger partial charge in [0.25, 0.3) is 5.91 Å². The number of amides is 3. The Morgan fingerprint density at radius 1 is 0.848 bits per heavy atom. The van der Waals surface area contributed by atoms with E-state index in [2.05, 4.69) is 33.0 Å². The lowest BCUT2D eigenvalue weighted by molar-refractivity contribution is -0.0292. The van der Waals surface area contributed by atoms with Gasteiger partial charge < -0.3 is 20.7 Å². The van der Waals surface area contributed by atoms with Crippen molar-refractivity contribution in [2.75, 3.05) is 36.9 Å². The maximum Gasteiger partial charge on any atom is 0.323 e. The number of nitrogens with zero attached hydrogens (tertiary/aromatic N) is 1. The summed E-state index contributed by atoms with van der Waals surface area (Å²) < 4.78 is 5.83. The van der Waals surface area contributed by atoms with Crippen LogP contribution >= 0.6 is 0 Å². The van der Waals surface area contributed by atoms with Gasteiger partial charge >= 0.3 is 6.03 Å². The van der Waals surface area contributed by atoms with Crippen molar-refractivity contribution in [1.82, 2.24) is 10.2 Å². The van der Waals surface area contributed by atoms with Gasteiger partial charge in [0.05, 0.1) is 12.7 Å². The summed E-state index contributed by atoms with van der Waals surface area (Å²) in [5.74, 6) is -0.168. The number of anilines is 2. The molecule has 4 rings (SSSR count). The molecule has 33 heavy (non-hydrogen) atoms. The van der Waals surface area contributed by atoms with Crippen LogP contribution in [0.5, 0.6) is 0 Å². The minimum atomic E-state index is -0.340. The predicted molar refractivity (Wildman–Crippen MR) is 129 cm³/mol. The van der Waals surface area contributed by atoms with Crippen molar-refractivity contribution in [2.24, 2.45) is 0 Å². The molecule has 7 heteroatoms. The van der Waals surface area contributed by atoms with Gasteiger partial charge in [-0.25, -0.2) is 4.79 Å². The minimum absolute atomic E-state index is 0.0472. The number of para-hydroxylation sites is 1. The van der Waals surface area contributed by atoms with E-state index in [1.54, 1.807) is 24.3 Å². The molecule has 0 radical (unpaired) electrons. The number of rotatable bonds is 7. The van der Waals surface area contributed by atoms with E-state index < -0.39 is 0 Å². The molecular formula is C26H28N4O3. The van der Waals surface area contributed by atoms with Crippen molar-refractivity contribution < 1.29 is 14.3 Å². The smallest absolute Gasteiger partial charge is 0.323 e. The first-order valence-electron chi connectivity index (χ1n) is 11.0. The van der Waals surface area contributed by atoms with Crippen LogP contribution in [0.3, 0.4) is 0 Å². The molecule has 1 saturated heterocycles. The van der Waals surface area contributed by atoms with E-state index in [9.17, 15) is 9.59 Å². The highest BCUT2D eigenvalue weighted by molar-refractivity contribution is 6.00. The van der Waals surface area contributed by atoms with Gasteiger partial charge in [-0.1, -0.05) is 48.5 Å². The molecule has 3 aromatic rings. The van der Waals surface area contributed by atoms with Crippen LogP contribution in [0.4, 0.5) is 16.2 Å². The van der Waals surface area contributed by atoms with E-state index in [1.807, 2.05) is 48.5 Å². The van der Waals surface area contributed by atoms with Gasteiger partial charge in [-0.15, -0.1) is 0 Å². The molecule has 1 aliphatic rings. The zero-order chi connectivity index (χ0) is 22.9. The van der Waals surface area contributed by atoms with Crippen molar-refractivity contribution >= 4 is 23.3 Å². The molecule has 170 valence electrons. The average molecular weight is 445 g/mol. The van der Waals surface area contributed by atoms with E-state index >= 15 is 0 Å². The van der Waals surface area contributed by atoms with Gasteiger partial charge in [-0.2, -0.15) is 0 Å². The fourth-order valence-electron chi connectivity index (χ4n) is 3.72. The highest BCUT2D eigenvalue weighted by atomic mass is 16.5. The summed E-state index contributed by atoms with van der Waals surface area (Å²) in [5, 5.41) is 8.47. The van der Waals surface area contributed by atoms with Crippen LogP contribution in [0.2, 0.25) is 0 Å². The lowest BCUT2D eigenvalue weighted by Gasteiger charge is -2.33. The fraction of sp³-hybridized carbons (Fsp3) is 0.231. The lowest BCUT2D eigenvalue weighted by Crippen LogP contribution is -2.47. The van der Waals surface area contributed by atoms with E-state index in [0.29, 0.717) is 30.1 Å². The number of hydrogen-bond acceptors (Lipinski definition) is 4. The number of benzene rings is 3. The number of urea groups is 1. The molecule has 0 spiro atoms. The average Bonchev–Trinajstić information content (AvgIpc) is 2.84. The van der Waals surface area contributed by atoms with E-state index in [4.69, 9.17) is 4.74 Å². The predicted octanol–water partition coefficient (Wildman–Crippen LogP) is 3.96. The van der Waals surface area contributed by atoms with Crippen LogP contribution in [-0.4, -0.2) is 49.2 Å². The second-order valence-electron chi connectivity index (χ2n) is 7.95. The van der Waals surface area contributed by atoms with Gasteiger partial charge in [0.15, 0.2) is 0 Å². The molecule has 1 fully saturated rings. The van der Waals surface area contributed by atoms with Crippen molar-refractivity contribution in [1.29, 1.82) is 0 Å². The van der Waals surface area contributed by atoms with Crippen molar-refractivity contribution in [3.8, 4) is 0 Å². The molecule has 3 aromatic carbocycles. The summed E-state index contributed by atoms with van der Waals surface area (Å²) >= 11 is 0. The molecular weight excluding hydrogens is 416 g/mol. The molecule has 7 nitrogen and oxygen atoms in total. The normalized spacial score (nSPS) is 16.1. The molecule has 0 aromatic heterocycles. The topological polar surface area (TPSA) is 82.7 Å². The Hall–Kier alpha value is -3.68. The molecule has 0 saturated carbocycles. The van der Waals surface area contributed by atoms with Gasteiger partial charge in [0, 0.05) is 43.1 Å². The summed E-state index contributed by atoms with van der Waals surface area (Å²) in [5.41, 5.74) is 3.11. The number of nitrogens with one attached hydrogen (secondary N) is 3. The first-order chi connectivity index (χ1) is 16.2. The summed E-state index contributed by atoms with van der Waals surface area (Å²) in [6.45, 7) is 3.63. The lowest BCUT2D eigenvalue weighted by atomic mass is 10.1. The minimum Gasteiger partial charge on any atom is -0.374 e. The van der Waals surface area contributed by atoms with Crippen LogP contribution in [0, 0.1) is 0 Å². The molecule has 0 aliphatic carbocycles. The fourth-order valence-corrected chi connectivity index (χ4v) is 3.72. The summed E-state index contributed by atoms with van der Waals surface area (Å²) in [7, 11) is 0. The monoisotopic (exact) mass is 444 g/mol. The second kappa shape index (κ2) is 11.3. The van der Waals surface area contributed by atoms with Crippen LogP contribution in [0.15, 0.2) is 84.9 Å². The second-order valence-corrected chi connectivity index (χ2v) is 7.95. The summed E-state index contributed by atoms with van der Waals surface area (Å²) in [6, 6.07) is 26.0. The highest BCUT2D eigenvalue weighted by Gasteiger charge is 2.21. The van der Waals surface area contributed by atoms with Gasteiger partial charge in [-0.3, -0.25) is 9.69 Å². The standard InChI is InChI=1S/C26H28N4O3/c31-25(27-17-24-19-30(15-16-33-24)18-20-7-3-1-4-8-20)21-11-13-23(14-12-21)29-26(32)28-22-9-5-2-6-10-22/h1-14,24H,15-19H2,(H,27,31)(H2,28,29,32). The third-order valence-electron chi connectivity index (χ3n) is 5.40. The largest absolute Gasteiger partial charge is 0.374 e. The van der Waals surface area contributed by atoms with Crippen molar-refractivity contribution in [2.45, 2.75) is 12.6 Å². The van der Waals surface area contributed by atoms with Gasteiger partial charge in [0.2, 0.25) is 0 Å². The molecule has 0 bridgehead atoms. The molecule has 3 amide bonds. The Labute approximate surface area is 193 Å². The zero-order valence-corrected chi connectivity index (χ0v) is 18.4. The van der Waals surface area contributed by atoms with Crippen LogP contribution in [0.1, 0.15) is 15.9 Å². The number of carbonyl (C=O) groups is 2. The van der Waals surface area contributed by atoms with E-state index in [-0.39, 0.29) is 18.0 Å². The summed E-state index contributed by atoms with van der Waals surface area (Å²) in [4.78, 5) is 27.0. The third-order valence-corrected chi connectivity index (χ3v) is 5.40. The van der Waals surface area contributed by atoms with Crippen LogP contribution in [0.25, 0.3) is 0 Å². The zero-order valence-electron chi connectivity index (χ0n) is 18.4. The third kappa shape index (κ3) is 6.90. The maximum atomic E-state index is 12.6. The Kier molecular flexibility index (Phi) is 7.68. The number of morpholine rings is 1. The molecule has 1 heterocycles. The van der Waals surface area contributed by atoms with Gasteiger partial charge in [0.1, 0.15) is 0 Å². The Balaban J connectivity index is 1.22. The van der Waals surface area contributed by atoms with Gasteiger partial charge in [-0.05, 0) is 42.0 Å². The Morgan fingerprint density at radius 2 is 1.48 bits per heavy atom. The van der Waals surface area contributed by atoms with Crippen molar-refractivity contribution in [3.63, 3.8) is 0 Å². The number of hydrogen-bond donors (Lipinski definition) is 3. The van der Waals surface area contributed by atoms with Crippen LogP contribution in [-0.2, 0) is 11.3 Å². The number of ether oxygens (including phenoxy) is 1. The molecule has 1 unspecified atom stereocenters. The molecule has 1 atom stereocenters. The Bertz CT molecular complexity index is 1040. The first-order valence-corrected chi connectivity index (χ1v) is 11.0. The highest BCUT2D eigenvalue weighted by Crippen LogP contribution is 2.13. The quantitative estimate of drug-likeness (QED) is 0.515. The summed E-state index contributed by atoms with van der Waals surface area (Å²) in [6.07, 6.45) is -0.0472. The SMILES string of the molecule is O=C(Nc1ccccc1)Nc1ccc(C(=O)NCC2CN(Cc3ccccc3)CCO2)cc1. The van der Waals surface area contributed by atoms with Crippen molar-refractivity contribution in [3.05, 3.63) is 96.1 Å². The maximum absolute atomic E-state index is 12.6. The number of carbonyl (C=O) groups excluding carboxylic acids is 2. The Morgan fingerprint density at radius 3 is 2.18 bits per heavy atom. The first kappa shape index (κ1) is 22.5. The van der Waals surface area contributed by atoms with Crippen LogP contribution < -0.4 is 16.0 Å².